The maximum Gasteiger partial charge on any atom is 0.229 e. The molecule has 4 rings (SSSR count). The molecule has 2 heterocycles. The SMILES string of the molecule is Fc1cnc(Cl)nc1Cl.Oc1cccc(Nc2ncc(F)c(Nc3cccc(O)c3)n2)c1. The molecule has 164 valence electrons. The summed E-state index contributed by atoms with van der Waals surface area (Å²) in [5, 5.41) is 24.2. The Balaban J connectivity index is 0.000000269. The summed E-state index contributed by atoms with van der Waals surface area (Å²) >= 11 is 10.4. The fourth-order valence-electron chi connectivity index (χ4n) is 2.27. The van der Waals surface area contributed by atoms with Crippen LogP contribution in [-0.4, -0.2) is 30.1 Å². The molecule has 0 spiro atoms. The minimum Gasteiger partial charge on any atom is -0.508 e. The number of benzene rings is 2. The van der Waals surface area contributed by atoms with Crippen LogP contribution >= 0.6 is 23.2 Å². The van der Waals surface area contributed by atoms with Crippen molar-refractivity contribution in [3.63, 3.8) is 0 Å². The Morgan fingerprint density at radius 2 is 1.34 bits per heavy atom. The van der Waals surface area contributed by atoms with Crippen molar-refractivity contribution in [2.24, 2.45) is 0 Å². The van der Waals surface area contributed by atoms with E-state index < -0.39 is 11.6 Å². The van der Waals surface area contributed by atoms with Crippen molar-refractivity contribution in [2.75, 3.05) is 10.6 Å². The third kappa shape index (κ3) is 6.62. The van der Waals surface area contributed by atoms with Crippen molar-refractivity contribution >= 4 is 46.3 Å². The molecule has 0 bridgehead atoms. The van der Waals surface area contributed by atoms with Crippen molar-refractivity contribution in [3.8, 4) is 11.5 Å². The van der Waals surface area contributed by atoms with Crippen LogP contribution in [0, 0.1) is 11.6 Å². The van der Waals surface area contributed by atoms with E-state index in [4.69, 9.17) is 23.2 Å². The largest absolute Gasteiger partial charge is 0.508 e. The highest BCUT2D eigenvalue weighted by Gasteiger charge is 2.08. The summed E-state index contributed by atoms with van der Waals surface area (Å²) < 4.78 is 26.0. The number of hydrogen-bond acceptors (Lipinski definition) is 8. The molecular formula is C20H14Cl2F2N6O2. The van der Waals surface area contributed by atoms with Gasteiger partial charge in [-0.1, -0.05) is 23.7 Å². The molecule has 0 saturated carbocycles. The Morgan fingerprint density at radius 1 is 0.750 bits per heavy atom. The normalized spacial score (nSPS) is 10.1. The van der Waals surface area contributed by atoms with Crippen LogP contribution in [0.5, 0.6) is 11.5 Å². The van der Waals surface area contributed by atoms with E-state index in [-0.39, 0.29) is 33.7 Å². The van der Waals surface area contributed by atoms with Crippen LogP contribution < -0.4 is 10.6 Å². The number of aromatic hydroxyl groups is 2. The predicted octanol–water partition coefficient (Wildman–Crippen LogP) is 5.44. The minimum atomic E-state index is -0.666. The second-order valence-electron chi connectivity index (χ2n) is 6.02. The van der Waals surface area contributed by atoms with E-state index in [1.54, 1.807) is 24.3 Å². The van der Waals surface area contributed by atoms with Gasteiger partial charge in [-0.05, 0) is 35.9 Å². The van der Waals surface area contributed by atoms with Gasteiger partial charge in [0.05, 0.1) is 12.4 Å². The van der Waals surface area contributed by atoms with Gasteiger partial charge >= 0.3 is 0 Å². The van der Waals surface area contributed by atoms with Gasteiger partial charge in [-0.2, -0.15) is 4.98 Å². The van der Waals surface area contributed by atoms with Gasteiger partial charge in [0.1, 0.15) is 11.5 Å². The summed E-state index contributed by atoms with van der Waals surface area (Å²) in [5.41, 5.74) is 1.06. The summed E-state index contributed by atoms with van der Waals surface area (Å²) in [6.45, 7) is 0. The second-order valence-corrected chi connectivity index (χ2v) is 6.71. The van der Waals surface area contributed by atoms with E-state index in [9.17, 15) is 19.0 Å². The van der Waals surface area contributed by atoms with Gasteiger partial charge in [-0.15, -0.1) is 0 Å². The highest BCUT2D eigenvalue weighted by Crippen LogP contribution is 2.23. The molecule has 4 aromatic rings. The highest BCUT2D eigenvalue weighted by atomic mass is 35.5. The zero-order valence-electron chi connectivity index (χ0n) is 16.0. The number of aromatic nitrogens is 4. The molecule has 0 atom stereocenters. The number of nitrogens with one attached hydrogen (secondary N) is 2. The maximum atomic E-state index is 13.8. The number of halogens is 4. The Hall–Kier alpha value is -3.76. The molecule has 0 saturated heterocycles. The molecule has 12 heteroatoms. The maximum absolute atomic E-state index is 13.8. The lowest BCUT2D eigenvalue weighted by Crippen LogP contribution is -2.03. The highest BCUT2D eigenvalue weighted by molar-refractivity contribution is 6.31. The molecule has 0 aliphatic heterocycles. The van der Waals surface area contributed by atoms with Gasteiger partial charge < -0.3 is 20.8 Å². The quantitative estimate of drug-likeness (QED) is 0.226. The lowest BCUT2D eigenvalue weighted by atomic mass is 10.3. The smallest absolute Gasteiger partial charge is 0.229 e. The molecule has 2 aromatic carbocycles. The Kier molecular flexibility index (Phi) is 7.53. The van der Waals surface area contributed by atoms with Crippen LogP contribution in [0.1, 0.15) is 0 Å². The molecule has 0 aliphatic carbocycles. The molecule has 0 fully saturated rings. The third-order valence-corrected chi connectivity index (χ3v) is 4.07. The summed E-state index contributed by atoms with van der Waals surface area (Å²) in [6.07, 6.45) is 1.95. The molecule has 0 unspecified atom stereocenters. The first-order valence-electron chi connectivity index (χ1n) is 8.78. The number of phenols is 2. The average molecular weight is 479 g/mol. The van der Waals surface area contributed by atoms with Gasteiger partial charge in [-0.3, -0.25) is 0 Å². The number of hydrogen-bond donors (Lipinski definition) is 4. The number of anilines is 4. The van der Waals surface area contributed by atoms with Gasteiger partial charge in [0.2, 0.25) is 11.2 Å². The molecule has 0 aliphatic rings. The molecule has 2 aromatic heterocycles. The Bertz CT molecular complexity index is 1230. The van der Waals surface area contributed by atoms with Gasteiger partial charge in [0.15, 0.2) is 22.6 Å². The first-order valence-corrected chi connectivity index (χ1v) is 9.54. The molecule has 0 amide bonds. The molecular weight excluding hydrogens is 465 g/mol. The van der Waals surface area contributed by atoms with E-state index in [0.717, 1.165) is 12.4 Å². The number of phenolic OH excluding ortho intramolecular Hbond substituents is 2. The first-order chi connectivity index (χ1) is 15.3. The van der Waals surface area contributed by atoms with Crippen LogP contribution in [0.3, 0.4) is 0 Å². The van der Waals surface area contributed by atoms with Crippen LogP contribution in [-0.2, 0) is 0 Å². The van der Waals surface area contributed by atoms with Crippen molar-refractivity contribution in [1.29, 1.82) is 0 Å². The summed E-state index contributed by atoms with van der Waals surface area (Å²) in [4.78, 5) is 14.6. The van der Waals surface area contributed by atoms with Crippen molar-refractivity contribution in [3.05, 3.63) is 83.0 Å². The monoisotopic (exact) mass is 478 g/mol. The lowest BCUT2D eigenvalue weighted by molar-refractivity contribution is 0.475. The van der Waals surface area contributed by atoms with E-state index in [0.29, 0.717) is 11.4 Å². The van der Waals surface area contributed by atoms with Crippen molar-refractivity contribution < 1.29 is 19.0 Å². The van der Waals surface area contributed by atoms with Gasteiger partial charge in [0.25, 0.3) is 0 Å². The zero-order chi connectivity index (χ0) is 23.1. The van der Waals surface area contributed by atoms with Crippen LogP contribution in [0.4, 0.5) is 31.9 Å². The fourth-order valence-corrected chi connectivity index (χ4v) is 2.58. The van der Waals surface area contributed by atoms with Crippen molar-refractivity contribution in [1.82, 2.24) is 19.9 Å². The van der Waals surface area contributed by atoms with Gasteiger partial charge in [0, 0.05) is 23.5 Å². The minimum absolute atomic E-state index is 0.0340. The first kappa shape index (κ1) is 22.9. The van der Waals surface area contributed by atoms with E-state index in [1.165, 1.54) is 24.3 Å². The number of rotatable bonds is 4. The van der Waals surface area contributed by atoms with Crippen LogP contribution in [0.25, 0.3) is 0 Å². The molecule has 32 heavy (non-hydrogen) atoms. The molecule has 4 N–H and O–H groups in total. The fraction of sp³-hybridized carbons (Fsp3) is 0. The van der Waals surface area contributed by atoms with E-state index >= 15 is 0 Å². The van der Waals surface area contributed by atoms with E-state index in [1.807, 2.05) is 0 Å². The molecule has 8 nitrogen and oxygen atoms in total. The van der Waals surface area contributed by atoms with Crippen LogP contribution in [0.15, 0.2) is 60.9 Å². The van der Waals surface area contributed by atoms with Crippen LogP contribution in [0.2, 0.25) is 10.4 Å². The standard InChI is InChI=1S/C16H13FN4O2.C4HCl2FN2/c17-14-9-18-16(20-11-4-2-6-13(23)8-11)21-15(14)19-10-3-1-5-12(22)7-10;5-3-2(7)1-8-4(6)9-3/h1-9,22-23H,(H2,18,19,20,21);1H. The summed E-state index contributed by atoms with van der Waals surface area (Å²) in [5.74, 6) is -1.01. The Labute approximate surface area is 190 Å². The summed E-state index contributed by atoms with van der Waals surface area (Å²) in [7, 11) is 0. The number of nitrogens with zero attached hydrogens (tertiary/aromatic N) is 4. The predicted molar refractivity (Wildman–Crippen MR) is 117 cm³/mol. The zero-order valence-corrected chi connectivity index (χ0v) is 17.5. The van der Waals surface area contributed by atoms with E-state index in [2.05, 4.69) is 30.6 Å². The lowest BCUT2D eigenvalue weighted by Gasteiger charge is -2.10. The Morgan fingerprint density at radius 3 is 1.91 bits per heavy atom. The second kappa shape index (κ2) is 10.5. The average Bonchev–Trinajstić information content (AvgIpc) is 2.74. The van der Waals surface area contributed by atoms with Gasteiger partial charge in [-0.25, -0.2) is 23.7 Å². The topological polar surface area (TPSA) is 116 Å². The third-order valence-electron chi connectivity index (χ3n) is 3.63. The molecule has 0 radical (unpaired) electrons. The van der Waals surface area contributed by atoms with Crippen molar-refractivity contribution in [2.45, 2.75) is 0 Å². The summed E-state index contributed by atoms with van der Waals surface area (Å²) in [6, 6.07) is 12.7.